The van der Waals surface area contributed by atoms with Gasteiger partial charge >= 0.3 is 12.1 Å². The summed E-state index contributed by atoms with van der Waals surface area (Å²) < 4.78 is 10.9. The van der Waals surface area contributed by atoms with Gasteiger partial charge in [0.25, 0.3) is 0 Å². The maximum atomic E-state index is 12.9. The topological polar surface area (TPSA) is 114 Å². The molecule has 0 radical (unpaired) electrons. The number of carbonyl (C=O) groups is 3. The minimum Gasteiger partial charge on any atom is -0.481 e. The summed E-state index contributed by atoms with van der Waals surface area (Å²) in [6.45, 7) is 5.39. The smallest absolute Gasteiger partial charge is 0.407 e. The van der Waals surface area contributed by atoms with Crippen molar-refractivity contribution in [2.75, 3.05) is 19.8 Å². The number of rotatable bonds is 7. The van der Waals surface area contributed by atoms with E-state index in [0.29, 0.717) is 0 Å². The average Bonchev–Trinajstić information content (AvgIpc) is 3.34. The highest BCUT2D eigenvalue weighted by Gasteiger charge is 2.48. The lowest BCUT2D eigenvalue weighted by atomic mass is 9.85. The summed E-state index contributed by atoms with van der Waals surface area (Å²) in [6.07, 6.45) is -0.695. The number of benzene rings is 2. The summed E-state index contributed by atoms with van der Waals surface area (Å²) in [4.78, 5) is 37.3. The molecule has 1 saturated heterocycles. The van der Waals surface area contributed by atoms with E-state index in [1.807, 2.05) is 36.4 Å². The van der Waals surface area contributed by atoms with E-state index in [4.69, 9.17) is 9.47 Å². The van der Waals surface area contributed by atoms with Crippen LogP contribution in [0.1, 0.15) is 37.8 Å². The Bertz CT molecular complexity index is 1050. The molecule has 0 bridgehead atoms. The van der Waals surface area contributed by atoms with Crippen molar-refractivity contribution in [3.63, 3.8) is 0 Å². The lowest BCUT2D eigenvalue weighted by Crippen LogP contribution is -2.56. The van der Waals surface area contributed by atoms with Gasteiger partial charge in [0.1, 0.15) is 18.1 Å². The molecule has 0 spiro atoms. The Hall–Kier alpha value is -3.39. The Morgan fingerprint density at radius 3 is 2.24 bits per heavy atom. The molecule has 2 unspecified atom stereocenters. The number of aliphatic carboxylic acids is 1. The molecule has 0 aromatic heterocycles. The first kappa shape index (κ1) is 23.8. The van der Waals surface area contributed by atoms with E-state index < -0.39 is 35.5 Å². The van der Waals surface area contributed by atoms with E-state index >= 15 is 0 Å². The van der Waals surface area contributed by atoms with Gasteiger partial charge in [-0.15, -0.1) is 0 Å². The van der Waals surface area contributed by atoms with Gasteiger partial charge in [0.2, 0.25) is 5.91 Å². The third-order valence-electron chi connectivity index (χ3n) is 6.83. The third-order valence-corrected chi connectivity index (χ3v) is 6.83. The SMILES string of the molecule is CC(C)[C@@H](NC(=O)OCC1c2ccccc2-c2ccccc21)C(=O)NC1COCC1(C)C(=O)O. The van der Waals surface area contributed by atoms with Crippen LogP contribution in [0.4, 0.5) is 4.79 Å². The molecular formula is C26H30N2O6. The summed E-state index contributed by atoms with van der Waals surface area (Å²) in [5.41, 5.74) is 3.24. The largest absolute Gasteiger partial charge is 0.481 e. The Kier molecular flexibility index (Phi) is 6.61. The number of ether oxygens (including phenoxy) is 2. The lowest BCUT2D eigenvalue weighted by molar-refractivity contribution is -0.149. The normalized spacial score (nSPS) is 22.1. The van der Waals surface area contributed by atoms with Crippen LogP contribution in [0.2, 0.25) is 0 Å². The summed E-state index contributed by atoms with van der Waals surface area (Å²) in [7, 11) is 0. The Morgan fingerprint density at radius 2 is 1.68 bits per heavy atom. The predicted molar refractivity (Wildman–Crippen MR) is 125 cm³/mol. The second kappa shape index (κ2) is 9.46. The number of hydrogen-bond acceptors (Lipinski definition) is 5. The van der Waals surface area contributed by atoms with Crippen LogP contribution in [0.25, 0.3) is 11.1 Å². The fourth-order valence-corrected chi connectivity index (χ4v) is 4.65. The van der Waals surface area contributed by atoms with Crippen LogP contribution in [0.5, 0.6) is 0 Å². The molecule has 0 saturated carbocycles. The highest BCUT2D eigenvalue weighted by atomic mass is 16.5. The van der Waals surface area contributed by atoms with Crippen LogP contribution >= 0.6 is 0 Å². The van der Waals surface area contributed by atoms with Gasteiger partial charge in [-0.05, 0) is 35.1 Å². The molecule has 1 aliphatic heterocycles. The molecule has 2 aromatic carbocycles. The van der Waals surface area contributed by atoms with Gasteiger partial charge in [-0.25, -0.2) is 4.79 Å². The van der Waals surface area contributed by atoms with E-state index in [9.17, 15) is 19.5 Å². The maximum absolute atomic E-state index is 12.9. The Balaban J connectivity index is 1.40. The number of fused-ring (bicyclic) bond motifs is 3. The molecular weight excluding hydrogens is 436 g/mol. The number of amides is 2. The predicted octanol–water partition coefficient (Wildman–Crippen LogP) is 3.16. The number of hydrogen-bond donors (Lipinski definition) is 3. The highest BCUT2D eigenvalue weighted by molar-refractivity contribution is 5.87. The number of carbonyl (C=O) groups excluding carboxylic acids is 2. The fraction of sp³-hybridized carbons (Fsp3) is 0.423. The summed E-state index contributed by atoms with van der Waals surface area (Å²) >= 11 is 0. The van der Waals surface area contributed by atoms with E-state index in [2.05, 4.69) is 22.8 Å². The van der Waals surface area contributed by atoms with Crippen molar-refractivity contribution in [2.45, 2.75) is 38.8 Å². The molecule has 3 atom stereocenters. The van der Waals surface area contributed by atoms with Crippen molar-refractivity contribution in [2.24, 2.45) is 11.3 Å². The summed E-state index contributed by atoms with van der Waals surface area (Å²) in [5.74, 6) is -1.83. The number of carboxylic acid groups (broad SMARTS) is 1. The van der Waals surface area contributed by atoms with Crippen LogP contribution in [0.3, 0.4) is 0 Å². The third kappa shape index (κ3) is 4.37. The quantitative estimate of drug-likeness (QED) is 0.578. The second-order valence-electron chi connectivity index (χ2n) is 9.49. The maximum Gasteiger partial charge on any atom is 0.407 e. The molecule has 1 aliphatic carbocycles. The molecule has 3 N–H and O–H groups in total. The van der Waals surface area contributed by atoms with Crippen LogP contribution in [-0.2, 0) is 19.1 Å². The number of carboxylic acids is 1. The first-order chi connectivity index (χ1) is 16.2. The standard InChI is InChI=1S/C26H30N2O6/c1-15(2)22(23(29)27-21-13-33-14-26(21,3)24(30)31)28-25(32)34-12-20-18-10-6-4-8-16(18)17-9-5-7-11-19(17)20/h4-11,15,20-22H,12-14H2,1-3H3,(H,27,29)(H,28,32)(H,30,31)/t21?,22-,26?/m1/s1. The average molecular weight is 467 g/mol. The van der Waals surface area contributed by atoms with Crippen molar-refractivity contribution in [3.05, 3.63) is 59.7 Å². The minimum atomic E-state index is -1.22. The van der Waals surface area contributed by atoms with E-state index in [0.717, 1.165) is 22.3 Å². The first-order valence-corrected chi connectivity index (χ1v) is 11.5. The van der Waals surface area contributed by atoms with Gasteiger partial charge in [-0.2, -0.15) is 0 Å². The van der Waals surface area contributed by atoms with E-state index in [1.54, 1.807) is 13.8 Å². The monoisotopic (exact) mass is 466 g/mol. The number of nitrogens with one attached hydrogen (secondary N) is 2. The summed E-state index contributed by atoms with van der Waals surface area (Å²) in [5, 5.41) is 14.9. The van der Waals surface area contributed by atoms with E-state index in [-0.39, 0.29) is 31.7 Å². The number of alkyl carbamates (subject to hydrolysis) is 1. The first-order valence-electron chi connectivity index (χ1n) is 11.5. The zero-order chi connectivity index (χ0) is 24.5. The van der Waals surface area contributed by atoms with Gasteiger partial charge in [0, 0.05) is 5.92 Å². The molecule has 34 heavy (non-hydrogen) atoms. The molecule has 2 aromatic rings. The zero-order valence-electron chi connectivity index (χ0n) is 19.5. The molecule has 1 heterocycles. The molecule has 1 fully saturated rings. The van der Waals surface area contributed by atoms with Crippen molar-refractivity contribution in [3.8, 4) is 11.1 Å². The molecule has 4 rings (SSSR count). The van der Waals surface area contributed by atoms with Crippen molar-refractivity contribution in [1.82, 2.24) is 10.6 Å². The van der Waals surface area contributed by atoms with Crippen LogP contribution in [0.15, 0.2) is 48.5 Å². The summed E-state index contributed by atoms with van der Waals surface area (Å²) in [6, 6.07) is 14.5. The fourth-order valence-electron chi connectivity index (χ4n) is 4.65. The molecule has 8 nitrogen and oxygen atoms in total. The van der Waals surface area contributed by atoms with Crippen molar-refractivity contribution < 1.29 is 29.0 Å². The highest BCUT2D eigenvalue weighted by Crippen LogP contribution is 2.44. The van der Waals surface area contributed by atoms with E-state index in [1.165, 1.54) is 6.92 Å². The van der Waals surface area contributed by atoms with Crippen molar-refractivity contribution >= 4 is 18.0 Å². The van der Waals surface area contributed by atoms with Gasteiger partial charge in [-0.3, -0.25) is 9.59 Å². The second-order valence-corrected chi connectivity index (χ2v) is 9.49. The van der Waals surface area contributed by atoms with Crippen molar-refractivity contribution in [1.29, 1.82) is 0 Å². The Morgan fingerprint density at radius 1 is 1.09 bits per heavy atom. The van der Waals surface area contributed by atoms with Gasteiger partial charge in [0.05, 0.1) is 19.3 Å². The minimum absolute atomic E-state index is 0.0133. The van der Waals surface area contributed by atoms with Gasteiger partial charge in [0.15, 0.2) is 0 Å². The van der Waals surface area contributed by atoms with Crippen LogP contribution in [-0.4, -0.2) is 55.0 Å². The molecule has 2 aliphatic rings. The van der Waals surface area contributed by atoms with Gasteiger partial charge in [-0.1, -0.05) is 62.4 Å². The van der Waals surface area contributed by atoms with Crippen LogP contribution < -0.4 is 10.6 Å². The van der Waals surface area contributed by atoms with Gasteiger partial charge < -0.3 is 25.2 Å². The molecule has 2 amide bonds. The van der Waals surface area contributed by atoms with Crippen LogP contribution in [0, 0.1) is 11.3 Å². The Labute approximate surface area is 198 Å². The molecule has 180 valence electrons. The molecule has 8 heteroatoms. The zero-order valence-corrected chi connectivity index (χ0v) is 19.5. The lowest BCUT2D eigenvalue weighted by Gasteiger charge is -2.29.